The molecule has 0 saturated heterocycles. The molecule has 0 aliphatic rings. The summed E-state index contributed by atoms with van der Waals surface area (Å²) in [6, 6.07) is 7.23. The van der Waals surface area contributed by atoms with E-state index >= 15 is 0 Å². The predicted molar refractivity (Wildman–Crippen MR) is 58.7 cm³/mol. The number of hydrogen-bond donors (Lipinski definition) is 2. The first-order chi connectivity index (χ1) is 7.63. The Morgan fingerprint density at radius 2 is 1.94 bits per heavy atom. The molecule has 0 aliphatic heterocycles. The molecule has 86 valence electrons. The average Bonchev–Trinajstić information content (AvgIpc) is 2.28. The summed E-state index contributed by atoms with van der Waals surface area (Å²) in [5.41, 5.74) is 5.67. The van der Waals surface area contributed by atoms with Gasteiger partial charge >= 0.3 is 11.8 Å². The monoisotopic (exact) mass is 222 g/mol. The molecule has 1 rings (SSSR count). The number of benzene rings is 1. The van der Waals surface area contributed by atoms with E-state index in [0.29, 0.717) is 6.61 Å². The van der Waals surface area contributed by atoms with Crippen molar-refractivity contribution in [2.45, 2.75) is 13.5 Å². The van der Waals surface area contributed by atoms with Crippen molar-refractivity contribution in [2.24, 2.45) is 5.73 Å². The third-order valence-electron chi connectivity index (χ3n) is 1.91. The molecule has 0 radical (unpaired) electrons. The third-order valence-corrected chi connectivity index (χ3v) is 1.91. The summed E-state index contributed by atoms with van der Waals surface area (Å²) in [5, 5.41) is 2.40. The van der Waals surface area contributed by atoms with Crippen molar-refractivity contribution in [2.75, 3.05) is 6.61 Å². The minimum Gasteiger partial charge on any atom is -0.494 e. The fourth-order valence-electron chi connectivity index (χ4n) is 1.14. The highest BCUT2D eigenvalue weighted by Crippen LogP contribution is 2.11. The topological polar surface area (TPSA) is 81.4 Å². The van der Waals surface area contributed by atoms with Crippen molar-refractivity contribution >= 4 is 11.8 Å². The lowest BCUT2D eigenvalue weighted by Crippen LogP contribution is -2.35. The van der Waals surface area contributed by atoms with Gasteiger partial charge in [0, 0.05) is 6.54 Å². The molecule has 0 saturated carbocycles. The predicted octanol–water partition coefficient (Wildman–Crippen LogP) is 0.187. The van der Waals surface area contributed by atoms with Gasteiger partial charge in [-0.25, -0.2) is 0 Å². The second-order valence-electron chi connectivity index (χ2n) is 3.12. The SMILES string of the molecule is CCOc1ccc(CNC(=O)C(N)=O)cc1. The van der Waals surface area contributed by atoms with E-state index in [9.17, 15) is 9.59 Å². The first-order valence-corrected chi connectivity index (χ1v) is 4.93. The third kappa shape index (κ3) is 3.61. The summed E-state index contributed by atoms with van der Waals surface area (Å²) < 4.78 is 5.26. The number of rotatable bonds is 4. The van der Waals surface area contributed by atoms with Gasteiger partial charge in [0.2, 0.25) is 0 Å². The first-order valence-electron chi connectivity index (χ1n) is 4.93. The van der Waals surface area contributed by atoms with Crippen molar-refractivity contribution in [3.63, 3.8) is 0 Å². The number of carbonyl (C=O) groups excluding carboxylic acids is 2. The lowest BCUT2D eigenvalue weighted by molar-refractivity contribution is -0.137. The van der Waals surface area contributed by atoms with E-state index in [2.05, 4.69) is 5.32 Å². The van der Waals surface area contributed by atoms with E-state index in [4.69, 9.17) is 10.5 Å². The molecule has 0 aromatic heterocycles. The van der Waals surface area contributed by atoms with Gasteiger partial charge in [0.1, 0.15) is 5.75 Å². The zero-order valence-corrected chi connectivity index (χ0v) is 9.03. The van der Waals surface area contributed by atoms with Crippen LogP contribution in [0.25, 0.3) is 0 Å². The van der Waals surface area contributed by atoms with E-state index < -0.39 is 11.8 Å². The number of nitrogens with two attached hydrogens (primary N) is 1. The summed E-state index contributed by atoms with van der Waals surface area (Å²) in [6.07, 6.45) is 0. The summed E-state index contributed by atoms with van der Waals surface area (Å²) in [4.78, 5) is 21.3. The molecule has 2 amide bonds. The molecule has 0 bridgehead atoms. The maximum Gasteiger partial charge on any atom is 0.309 e. The number of nitrogens with one attached hydrogen (secondary N) is 1. The van der Waals surface area contributed by atoms with E-state index in [1.54, 1.807) is 12.1 Å². The molecule has 16 heavy (non-hydrogen) atoms. The second kappa shape index (κ2) is 5.75. The first kappa shape index (κ1) is 12.0. The molecule has 0 aliphatic carbocycles. The van der Waals surface area contributed by atoms with Crippen molar-refractivity contribution in [3.05, 3.63) is 29.8 Å². The van der Waals surface area contributed by atoms with Gasteiger partial charge in [-0.05, 0) is 24.6 Å². The molecular weight excluding hydrogens is 208 g/mol. The molecule has 1 aromatic rings. The van der Waals surface area contributed by atoms with Gasteiger partial charge in [-0.3, -0.25) is 9.59 Å². The number of carbonyl (C=O) groups is 2. The van der Waals surface area contributed by atoms with Gasteiger partial charge in [-0.1, -0.05) is 12.1 Å². The van der Waals surface area contributed by atoms with Gasteiger partial charge in [-0.2, -0.15) is 0 Å². The molecule has 0 fully saturated rings. The minimum absolute atomic E-state index is 0.272. The van der Waals surface area contributed by atoms with Gasteiger partial charge in [0.05, 0.1) is 6.61 Å². The zero-order chi connectivity index (χ0) is 12.0. The highest BCUT2D eigenvalue weighted by atomic mass is 16.5. The Hall–Kier alpha value is -2.04. The standard InChI is InChI=1S/C11H14N2O3/c1-2-16-9-5-3-8(4-6-9)7-13-11(15)10(12)14/h3-6H,2,7H2,1H3,(H2,12,14)(H,13,15). The van der Waals surface area contributed by atoms with Gasteiger partial charge in [-0.15, -0.1) is 0 Å². The van der Waals surface area contributed by atoms with Gasteiger partial charge in [0.15, 0.2) is 0 Å². The largest absolute Gasteiger partial charge is 0.494 e. The Balaban J connectivity index is 2.49. The smallest absolute Gasteiger partial charge is 0.309 e. The van der Waals surface area contributed by atoms with Crippen LogP contribution in [-0.4, -0.2) is 18.4 Å². The van der Waals surface area contributed by atoms with E-state index in [-0.39, 0.29) is 6.54 Å². The summed E-state index contributed by atoms with van der Waals surface area (Å²) in [7, 11) is 0. The summed E-state index contributed by atoms with van der Waals surface area (Å²) >= 11 is 0. The lowest BCUT2D eigenvalue weighted by Gasteiger charge is -2.05. The van der Waals surface area contributed by atoms with Crippen molar-refractivity contribution in [1.29, 1.82) is 0 Å². The van der Waals surface area contributed by atoms with Gasteiger partial charge in [0.25, 0.3) is 0 Å². The molecule has 5 nitrogen and oxygen atoms in total. The molecule has 0 unspecified atom stereocenters. The van der Waals surface area contributed by atoms with Crippen LogP contribution < -0.4 is 15.8 Å². The fourth-order valence-corrected chi connectivity index (χ4v) is 1.14. The molecular formula is C11H14N2O3. The maximum atomic E-state index is 10.9. The summed E-state index contributed by atoms with van der Waals surface area (Å²) in [5.74, 6) is -0.993. The van der Waals surface area contributed by atoms with Crippen LogP contribution in [0.3, 0.4) is 0 Å². The van der Waals surface area contributed by atoms with Crippen LogP contribution >= 0.6 is 0 Å². The fraction of sp³-hybridized carbons (Fsp3) is 0.273. The van der Waals surface area contributed by atoms with Crippen molar-refractivity contribution in [3.8, 4) is 5.75 Å². The Labute approximate surface area is 93.6 Å². The van der Waals surface area contributed by atoms with Crippen LogP contribution in [0, 0.1) is 0 Å². The van der Waals surface area contributed by atoms with Crippen LogP contribution in [-0.2, 0) is 16.1 Å². The molecule has 5 heteroatoms. The second-order valence-corrected chi connectivity index (χ2v) is 3.12. The van der Waals surface area contributed by atoms with Crippen molar-refractivity contribution < 1.29 is 14.3 Å². The number of amides is 2. The number of ether oxygens (including phenoxy) is 1. The number of hydrogen-bond acceptors (Lipinski definition) is 3. The van der Waals surface area contributed by atoms with Gasteiger partial charge < -0.3 is 15.8 Å². The molecule has 0 atom stereocenters. The Bertz CT molecular complexity index is 373. The molecule has 1 aromatic carbocycles. The Morgan fingerprint density at radius 1 is 1.31 bits per heavy atom. The lowest BCUT2D eigenvalue weighted by atomic mass is 10.2. The van der Waals surface area contributed by atoms with E-state index in [0.717, 1.165) is 11.3 Å². The zero-order valence-electron chi connectivity index (χ0n) is 9.03. The Morgan fingerprint density at radius 3 is 2.44 bits per heavy atom. The Kier molecular flexibility index (Phi) is 4.32. The van der Waals surface area contributed by atoms with Crippen LogP contribution in [0.5, 0.6) is 5.75 Å². The average molecular weight is 222 g/mol. The maximum absolute atomic E-state index is 10.9. The quantitative estimate of drug-likeness (QED) is 0.713. The van der Waals surface area contributed by atoms with Crippen molar-refractivity contribution in [1.82, 2.24) is 5.32 Å². The van der Waals surface area contributed by atoms with Crippen LogP contribution in [0.15, 0.2) is 24.3 Å². The molecule has 0 spiro atoms. The molecule has 3 N–H and O–H groups in total. The normalized spacial score (nSPS) is 9.56. The highest BCUT2D eigenvalue weighted by Gasteiger charge is 2.06. The number of primary amides is 1. The summed E-state index contributed by atoms with van der Waals surface area (Å²) in [6.45, 7) is 2.78. The molecule has 0 heterocycles. The van der Waals surface area contributed by atoms with Crippen LogP contribution in [0.1, 0.15) is 12.5 Å². The minimum atomic E-state index is -0.981. The van der Waals surface area contributed by atoms with E-state index in [1.165, 1.54) is 0 Å². The van der Waals surface area contributed by atoms with E-state index in [1.807, 2.05) is 19.1 Å². The highest BCUT2D eigenvalue weighted by molar-refractivity contribution is 6.34. The van der Waals surface area contributed by atoms with Crippen LogP contribution in [0.4, 0.5) is 0 Å². The van der Waals surface area contributed by atoms with Crippen LogP contribution in [0.2, 0.25) is 0 Å².